The van der Waals surface area contributed by atoms with Gasteiger partial charge < -0.3 is 20.2 Å². The van der Waals surface area contributed by atoms with Gasteiger partial charge in [-0.25, -0.2) is 4.79 Å². The average molecular weight is 418 g/mol. The molecule has 28 heavy (non-hydrogen) atoms. The fourth-order valence-electron chi connectivity index (χ4n) is 2.12. The molecular weight excluding hydrogens is 398 g/mol. The quantitative estimate of drug-likeness (QED) is 0.466. The number of anilines is 2. The van der Waals surface area contributed by atoms with Crippen LogP contribution in [0.2, 0.25) is 0 Å². The van der Waals surface area contributed by atoms with E-state index in [0.717, 1.165) is 9.79 Å². The van der Waals surface area contributed by atoms with Crippen molar-refractivity contribution in [1.29, 1.82) is 0 Å². The number of hydrogen-bond acceptors (Lipinski definition) is 6. The molecule has 2 rings (SSSR count). The van der Waals surface area contributed by atoms with Crippen molar-refractivity contribution >= 4 is 58.8 Å². The minimum absolute atomic E-state index is 0.0251. The van der Waals surface area contributed by atoms with Crippen LogP contribution in [0.3, 0.4) is 0 Å². The van der Waals surface area contributed by atoms with E-state index in [1.807, 2.05) is 36.4 Å². The second-order valence-electron chi connectivity index (χ2n) is 5.45. The number of nitrogens with one attached hydrogen (secondary N) is 3. The Bertz CT molecular complexity index is 860. The largest absolute Gasteiger partial charge is 0.453 e. The van der Waals surface area contributed by atoms with Crippen LogP contribution in [0.5, 0.6) is 0 Å². The highest BCUT2D eigenvalue weighted by atomic mass is 32.2. The second-order valence-corrected chi connectivity index (χ2v) is 7.00. The number of alkyl carbamates (subject to hydrolysis) is 1. The van der Waals surface area contributed by atoms with E-state index in [0.29, 0.717) is 17.7 Å². The number of ether oxygens (including phenoxy) is 1. The number of thiocarbonyl (C=S) groups is 1. The Morgan fingerprint density at radius 1 is 1.07 bits per heavy atom. The number of carbonyl (C=O) groups excluding carboxylic acids is 3. The van der Waals surface area contributed by atoms with E-state index in [4.69, 9.17) is 12.2 Å². The normalized spacial score (nSPS) is 9.89. The van der Waals surface area contributed by atoms with Crippen molar-refractivity contribution in [2.24, 2.45) is 0 Å². The van der Waals surface area contributed by atoms with Gasteiger partial charge in [0.2, 0.25) is 5.91 Å². The van der Waals surface area contributed by atoms with E-state index >= 15 is 0 Å². The number of rotatable bonds is 7. The summed E-state index contributed by atoms with van der Waals surface area (Å²) >= 11 is 6.64. The van der Waals surface area contributed by atoms with Crippen LogP contribution in [0.1, 0.15) is 12.8 Å². The van der Waals surface area contributed by atoms with Crippen molar-refractivity contribution in [1.82, 2.24) is 5.32 Å². The number of amides is 2. The molecule has 0 fully saturated rings. The van der Waals surface area contributed by atoms with Crippen LogP contribution >= 0.6 is 24.0 Å². The molecular formula is C19H19N3O4S2. The smallest absolute Gasteiger partial charge is 0.413 e. The van der Waals surface area contributed by atoms with Gasteiger partial charge in [-0.3, -0.25) is 10.1 Å². The molecule has 0 aliphatic rings. The standard InChI is InChI=1S/C19H19N3O4S2/c1-26-19(25)22-18(27)21-16-12-14(28-13-6-3-2-4-7-13)9-10-15(16)20-17(24)8-5-11-23/h2-4,6-7,9-12H,5,8H2,1H3,(H,20,24)(H2,21,22,25,27). The Morgan fingerprint density at radius 3 is 2.50 bits per heavy atom. The zero-order valence-corrected chi connectivity index (χ0v) is 16.7. The first-order chi connectivity index (χ1) is 13.5. The first-order valence-electron chi connectivity index (χ1n) is 8.28. The van der Waals surface area contributed by atoms with E-state index < -0.39 is 6.09 Å². The highest BCUT2D eigenvalue weighted by molar-refractivity contribution is 7.99. The highest BCUT2D eigenvalue weighted by Gasteiger charge is 2.11. The summed E-state index contributed by atoms with van der Waals surface area (Å²) in [6.45, 7) is 0. The van der Waals surface area contributed by atoms with E-state index in [1.165, 1.54) is 18.9 Å². The van der Waals surface area contributed by atoms with E-state index in [1.54, 1.807) is 12.1 Å². The minimum Gasteiger partial charge on any atom is -0.453 e. The highest BCUT2D eigenvalue weighted by Crippen LogP contribution is 2.33. The van der Waals surface area contributed by atoms with Gasteiger partial charge in [0.05, 0.1) is 18.5 Å². The number of carbonyl (C=O) groups is 3. The number of methoxy groups -OCH3 is 1. The summed E-state index contributed by atoms with van der Waals surface area (Å²) in [4.78, 5) is 35.7. The molecule has 0 radical (unpaired) electrons. The molecule has 0 saturated heterocycles. The lowest BCUT2D eigenvalue weighted by Gasteiger charge is -2.15. The maximum Gasteiger partial charge on any atom is 0.413 e. The predicted octanol–water partition coefficient (Wildman–Crippen LogP) is 3.81. The molecule has 0 aliphatic carbocycles. The molecule has 9 heteroatoms. The zero-order chi connectivity index (χ0) is 20.4. The number of hydrogen-bond donors (Lipinski definition) is 3. The average Bonchev–Trinajstić information content (AvgIpc) is 2.69. The van der Waals surface area contributed by atoms with Crippen LogP contribution < -0.4 is 16.0 Å². The summed E-state index contributed by atoms with van der Waals surface area (Å²) in [5.41, 5.74) is 0.976. The lowest BCUT2D eigenvalue weighted by molar-refractivity contribution is -0.118. The molecule has 0 bridgehead atoms. The fraction of sp³-hybridized carbons (Fsp3) is 0.158. The van der Waals surface area contributed by atoms with Gasteiger partial charge >= 0.3 is 6.09 Å². The molecule has 3 N–H and O–H groups in total. The fourth-order valence-corrected chi connectivity index (χ4v) is 3.20. The third-order valence-electron chi connectivity index (χ3n) is 3.38. The van der Waals surface area contributed by atoms with Gasteiger partial charge in [-0.05, 0) is 42.5 Å². The van der Waals surface area contributed by atoms with Gasteiger partial charge in [0.1, 0.15) is 6.29 Å². The Kier molecular flexibility index (Phi) is 8.44. The summed E-state index contributed by atoms with van der Waals surface area (Å²) in [6.07, 6.45) is 0.199. The molecule has 2 aromatic rings. The molecule has 0 aromatic heterocycles. The first-order valence-corrected chi connectivity index (χ1v) is 9.50. The lowest BCUT2D eigenvalue weighted by Crippen LogP contribution is -2.34. The van der Waals surface area contributed by atoms with Gasteiger partial charge in [-0.15, -0.1) is 0 Å². The Morgan fingerprint density at radius 2 is 1.82 bits per heavy atom. The van der Waals surface area contributed by atoms with E-state index in [-0.39, 0.29) is 23.9 Å². The molecule has 7 nitrogen and oxygen atoms in total. The first kappa shape index (κ1) is 21.4. The minimum atomic E-state index is -0.705. The molecule has 0 spiro atoms. The van der Waals surface area contributed by atoms with Crippen molar-refractivity contribution in [2.45, 2.75) is 22.6 Å². The number of benzene rings is 2. The second kappa shape index (κ2) is 11.1. The molecule has 2 aromatic carbocycles. The van der Waals surface area contributed by atoms with Gasteiger partial charge in [0.25, 0.3) is 0 Å². The summed E-state index contributed by atoms with van der Waals surface area (Å²) < 4.78 is 4.52. The zero-order valence-electron chi connectivity index (χ0n) is 15.1. The van der Waals surface area contributed by atoms with E-state index in [9.17, 15) is 14.4 Å². The topological polar surface area (TPSA) is 96.5 Å². The SMILES string of the molecule is COC(=O)NC(=S)Nc1cc(Sc2ccccc2)ccc1NC(=O)CCC=O. The lowest BCUT2D eigenvalue weighted by atomic mass is 10.2. The van der Waals surface area contributed by atoms with Crippen molar-refractivity contribution in [2.75, 3.05) is 17.7 Å². The third-order valence-corrected chi connectivity index (χ3v) is 4.58. The van der Waals surface area contributed by atoms with Crippen LogP contribution in [0.15, 0.2) is 58.3 Å². The molecule has 2 amide bonds. The summed E-state index contributed by atoms with van der Waals surface area (Å²) in [5, 5.41) is 8.00. The van der Waals surface area contributed by atoms with Crippen LogP contribution in [-0.2, 0) is 14.3 Å². The molecule has 0 saturated carbocycles. The van der Waals surface area contributed by atoms with Crippen LogP contribution in [0, 0.1) is 0 Å². The summed E-state index contributed by atoms with van der Waals surface area (Å²) in [6, 6.07) is 15.2. The van der Waals surface area contributed by atoms with Crippen molar-refractivity contribution in [3.05, 3.63) is 48.5 Å². The molecule has 0 unspecified atom stereocenters. The predicted molar refractivity (Wildman–Crippen MR) is 113 cm³/mol. The van der Waals surface area contributed by atoms with Crippen molar-refractivity contribution < 1.29 is 19.1 Å². The summed E-state index contributed by atoms with van der Waals surface area (Å²) in [7, 11) is 1.23. The van der Waals surface area contributed by atoms with Crippen molar-refractivity contribution in [3.8, 4) is 0 Å². The van der Waals surface area contributed by atoms with Gasteiger partial charge in [0.15, 0.2) is 5.11 Å². The maximum absolute atomic E-state index is 12.0. The van der Waals surface area contributed by atoms with Gasteiger partial charge in [0, 0.05) is 22.6 Å². The number of aldehydes is 1. The maximum atomic E-state index is 12.0. The van der Waals surface area contributed by atoms with Gasteiger partial charge in [-0.1, -0.05) is 30.0 Å². The molecule has 146 valence electrons. The molecule has 0 heterocycles. The van der Waals surface area contributed by atoms with E-state index in [2.05, 4.69) is 20.7 Å². The Balaban J connectivity index is 2.22. The Labute approximate surface area is 172 Å². The molecule has 0 atom stereocenters. The van der Waals surface area contributed by atoms with Crippen LogP contribution in [-0.4, -0.2) is 30.5 Å². The summed E-state index contributed by atoms with van der Waals surface area (Å²) in [5.74, 6) is -0.301. The van der Waals surface area contributed by atoms with Crippen LogP contribution in [0.25, 0.3) is 0 Å². The third kappa shape index (κ3) is 7.01. The monoisotopic (exact) mass is 417 g/mol. The Hall–Kier alpha value is -2.91. The van der Waals surface area contributed by atoms with Crippen molar-refractivity contribution in [3.63, 3.8) is 0 Å². The molecule has 0 aliphatic heterocycles. The van der Waals surface area contributed by atoms with Crippen LogP contribution in [0.4, 0.5) is 16.2 Å². The van der Waals surface area contributed by atoms with Gasteiger partial charge in [-0.2, -0.15) is 0 Å².